The molecular formula is C64H90ClN11O8. The van der Waals surface area contributed by atoms with Crippen molar-refractivity contribution in [3.05, 3.63) is 112 Å². The Morgan fingerprint density at radius 2 is 1.55 bits per heavy atom. The van der Waals surface area contributed by atoms with E-state index in [1.165, 1.54) is 6.33 Å². The molecule has 1 aromatic heterocycles. The zero-order chi connectivity index (χ0) is 59.2. The minimum absolute atomic E-state index is 0.0333. The Morgan fingerprint density at radius 3 is 2.32 bits per heavy atom. The maximum absolute atomic E-state index is 14.1. The number of amides is 5. The average Bonchev–Trinajstić information content (AvgIpc) is 3.87. The molecule has 20 heteroatoms. The summed E-state index contributed by atoms with van der Waals surface area (Å²) in [5, 5.41) is 30.3. The van der Waals surface area contributed by atoms with Gasteiger partial charge in [0.25, 0.3) is 5.91 Å². The van der Waals surface area contributed by atoms with Crippen LogP contribution >= 0.6 is 11.6 Å². The van der Waals surface area contributed by atoms with Gasteiger partial charge in [0.1, 0.15) is 29.7 Å². The predicted octanol–water partition coefficient (Wildman–Crippen LogP) is 6.75. The predicted molar refractivity (Wildman–Crippen MR) is 327 cm³/mol. The number of fused-ring (bicyclic) bond motifs is 1. The minimum atomic E-state index is -0.611. The number of carbonyl (C=O) groups excluding carboxylic acids is 5. The second kappa shape index (κ2) is 32.8. The first-order chi connectivity index (χ1) is 40.9. The van der Waals surface area contributed by atoms with Crippen LogP contribution in [0.2, 0.25) is 5.02 Å². The van der Waals surface area contributed by atoms with Crippen LogP contribution in [0.5, 0.6) is 11.5 Å². The van der Waals surface area contributed by atoms with Gasteiger partial charge in [-0.1, -0.05) is 87.4 Å². The van der Waals surface area contributed by atoms with E-state index in [1.54, 1.807) is 19.2 Å². The summed E-state index contributed by atoms with van der Waals surface area (Å²) in [6.07, 6.45) is 13.1. The van der Waals surface area contributed by atoms with Crippen molar-refractivity contribution >= 4 is 47.0 Å². The van der Waals surface area contributed by atoms with Crippen LogP contribution in [0.15, 0.2) is 73.1 Å². The zero-order valence-electron chi connectivity index (χ0n) is 49.6. The highest BCUT2D eigenvalue weighted by Crippen LogP contribution is 2.43. The number of methoxy groups -OCH3 is 1. The van der Waals surface area contributed by atoms with Gasteiger partial charge in [0.2, 0.25) is 23.6 Å². The number of aliphatic hydroxyl groups is 1. The summed E-state index contributed by atoms with van der Waals surface area (Å²) in [7, 11) is 1.62. The lowest BCUT2D eigenvalue weighted by Gasteiger charge is -2.38. The van der Waals surface area contributed by atoms with Crippen LogP contribution in [0.25, 0.3) is 0 Å². The molecule has 3 heterocycles. The first-order valence-electron chi connectivity index (χ1n) is 30.9. The molecule has 5 atom stereocenters. The molecule has 5 amide bonds. The first-order valence-corrected chi connectivity index (χ1v) is 31.2. The number of nitrogens with one attached hydrogen (secondary N) is 6. The highest BCUT2D eigenvalue weighted by Gasteiger charge is 2.36. The number of halogens is 1. The largest absolute Gasteiger partial charge is 0.497 e. The van der Waals surface area contributed by atoms with Gasteiger partial charge in [-0.2, -0.15) is 0 Å². The van der Waals surface area contributed by atoms with Crippen LogP contribution in [0.1, 0.15) is 159 Å². The van der Waals surface area contributed by atoms with Gasteiger partial charge >= 0.3 is 0 Å². The fraction of sp³-hybridized carbons (Fsp3) is 0.578. The summed E-state index contributed by atoms with van der Waals surface area (Å²) >= 11 is 6.22. The number of unbranched alkanes of at least 4 members (excludes halogenated alkanes) is 4. The molecule has 3 aromatic carbocycles. The maximum Gasteiger partial charge on any atom is 0.251 e. The smallest absolute Gasteiger partial charge is 0.251 e. The zero-order valence-corrected chi connectivity index (χ0v) is 50.4. The molecule has 1 saturated carbocycles. The molecule has 4 aromatic rings. The molecule has 2 aliphatic carbocycles. The molecule has 0 spiro atoms. The molecular weight excluding hydrogens is 1090 g/mol. The molecule has 3 fully saturated rings. The van der Waals surface area contributed by atoms with Gasteiger partial charge < -0.3 is 61.2 Å². The lowest BCUT2D eigenvalue weighted by atomic mass is 9.83. The summed E-state index contributed by atoms with van der Waals surface area (Å²) in [4.78, 5) is 82.9. The number of anilines is 1. The number of piperidine rings is 1. The Hall–Kier alpha value is -6.38. The number of piperazine rings is 1. The molecule has 456 valence electrons. The summed E-state index contributed by atoms with van der Waals surface area (Å²) in [6.45, 7) is 11.7. The van der Waals surface area contributed by atoms with Gasteiger partial charge in [-0.05, 0) is 112 Å². The van der Waals surface area contributed by atoms with Crippen molar-refractivity contribution in [2.45, 2.75) is 134 Å². The lowest BCUT2D eigenvalue weighted by Crippen LogP contribution is -2.51. The summed E-state index contributed by atoms with van der Waals surface area (Å²) in [5.41, 5.74) is 5.09. The average molecular weight is 1180 g/mol. The number of hydrogen-bond donors (Lipinski definition) is 7. The molecule has 19 nitrogen and oxygen atoms in total. The molecule has 0 radical (unpaired) electrons. The number of aromatic nitrogens is 2. The molecule has 84 heavy (non-hydrogen) atoms. The molecule has 2 unspecified atom stereocenters. The van der Waals surface area contributed by atoms with Crippen molar-refractivity contribution in [3.8, 4) is 11.5 Å². The van der Waals surface area contributed by atoms with Crippen molar-refractivity contribution in [2.24, 2.45) is 5.92 Å². The lowest BCUT2D eigenvalue weighted by molar-refractivity contribution is -0.133. The topological polar surface area (TPSA) is 232 Å². The Balaban J connectivity index is 0.687. The van der Waals surface area contributed by atoms with Gasteiger partial charge in [0.15, 0.2) is 0 Å². The van der Waals surface area contributed by atoms with Crippen molar-refractivity contribution in [1.29, 1.82) is 0 Å². The first kappa shape index (κ1) is 63.6. The monoisotopic (exact) mass is 1180 g/mol. The third kappa shape index (κ3) is 18.1. The van der Waals surface area contributed by atoms with E-state index in [0.29, 0.717) is 107 Å². The van der Waals surface area contributed by atoms with E-state index in [-0.39, 0.29) is 60.4 Å². The fourth-order valence-corrected chi connectivity index (χ4v) is 12.5. The van der Waals surface area contributed by atoms with Crippen LogP contribution in [0.3, 0.4) is 0 Å². The van der Waals surface area contributed by atoms with Crippen LogP contribution in [-0.2, 0) is 25.7 Å². The van der Waals surface area contributed by atoms with Crippen LogP contribution in [-0.4, -0.2) is 159 Å². The van der Waals surface area contributed by atoms with Gasteiger partial charge in [-0.3, -0.25) is 24.0 Å². The van der Waals surface area contributed by atoms with E-state index in [9.17, 15) is 29.1 Å². The summed E-state index contributed by atoms with van der Waals surface area (Å²) in [5.74, 6) is 1.81. The van der Waals surface area contributed by atoms with Crippen molar-refractivity contribution in [2.75, 3.05) is 104 Å². The molecule has 4 aliphatic rings. The van der Waals surface area contributed by atoms with E-state index in [1.807, 2.05) is 71.3 Å². The molecule has 7 N–H and O–H groups in total. The molecule has 0 bridgehead atoms. The van der Waals surface area contributed by atoms with E-state index >= 15 is 0 Å². The molecule has 8 rings (SSSR count). The van der Waals surface area contributed by atoms with E-state index in [0.717, 1.165) is 117 Å². The van der Waals surface area contributed by atoms with Crippen molar-refractivity contribution in [3.63, 3.8) is 0 Å². The molecule has 2 aliphatic heterocycles. The molecule has 2 saturated heterocycles. The Kier molecular flexibility index (Phi) is 24.8. The Morgan fingerprint density at radius 1 is 0.774 bits per heavy atom. The van der Waals surface area contributed by atoms with Crippen molar-refractivity contribution in [1.82, 2.24) is 51.7 Å². The highest BCUT2D eigenvalue weighted by atomic mass is 35.5. The number of rotatable bonds is 30. The normalized spacial score (nSPS) is 18.8. The number of aliphatic hydroxyl groups excluding tert-OH is 1. The second-order valence-electron chi connectivity index (χ2n) is 23.0. The van der Waals surface area contributed by atoms with Gasteiger partial charge in [-0.15, -0.1) is 0 Å². The van der Waals surface area contributed by atoms with Crippen LogP contribution < -0.4 is 46.3 Å². The number of carbonyl (C=O) groups is 5. The van der Waals surface area contributed by atoms with Gasteiger partial charge in [0, 0.05) is 106 Å². The van der Waals surface area contributed by atoms with Gasteiger partial charge in [-0.25, -0.2) is 9.97 Å². The summed E-state index contributed by atoms with van der Waals surface area (Å²) < 4.78 is 11.2. The maximum atomic E-state index is 14.1. The van der Waals surface area contributed by atoms with Gasteiger partial charge in [0.05, 0.1) is 44.5 Å². The standard InChI is InChI=1S/C64H90ClN11O8/c1-4-84-55-37-52(83-3)25-22-49(55)38-68-41-57(79)76-30-14-19-50(42-76)47-17-13-18-48(36-47)62(80)73-59(46-15-9-8-10-16-46)63(81)70-27-12-7-5-6-11-26-66-40-56(78)69-29-28-67-39-53(45-20-23-51(65)24-21-45)64(82)75-33-31-74(32-34-75)61-58-44(2)35-54(77)60(58)71-43-72-61/h13,17-18,20-25,36-37,43-44,46,50,53-54,59,66-68,77H,4-12,14-16,19,26-35,38-42H2,1-3H3,(H,69,78)(H,70,81)(H,73,80)/t44?,50?,53-,54-,59-/m1/s1. The third-order valence-corrected chi connectivity index (χ3v) is 17.3. The minimum Gasteiger partial charge on any atom is -0.497 e. The van der Waals surface area contributed by atoms with Crippen LogP contribution in [0.4, 0.5) is 5.82 Å². The summed E-state index contributed by atoms with van der Waals surface area (Å²) in [6, 6.07) is 20.2. The van der Waals surface area contributed by atoms with Crippen molar-refractivity contribution < 1.29 is 38.6 Å². The van der Waals surface area contributed by atoms with Crippen LogP contribution in [0, 0.1) is 5.92 Å². The number of hydrogen-bond acceptors (Lipinski definition) is 14. The third-order valence-electron chi connectivity index (χ3n) is 17.1. The number of likely N-dealkylation sites (tertiary alicyclic amines) is 1. The Labute approximate surface area is 501 Å². The number of benzene rings is 3. The quantitative estimate of drug-likeness (QED) is 0.0268. The fourth-order valence-electron chi connectivity index (χ4n) is 12.4. The van der Waals surface area contributed by atoms with E-state index in [4.69, 9.17) is 21.1 Å². The number of ether oxygens (including phenoxy) is 2. The SMILES string of the molecule is CCOc1cc(OC)ccc1CNCC(=O)N1CCCC(c2cccc(C(=O)N[C@@H](C(=O)NCCCCCCCNCC(=O)NCCNC[C@@H](C(=O)N3CCN(c4ncnc5c4C(C)C[C@H]5O)CC3)c3ccc(Cl)cc3)C3CCCCC3)c2)C1. The highest BCUT2D eigenvalue weighted by molar-refractivity contribution is 6.30. The number of nitrogens with zero attached hydrogens (tertiary/aromatic N) is 5. The van der Waals surface area contributed by atoms with E-state index in [2.05, 4.69) is 53.7 Å². The Bertz CT molecular complexity index is 2780. The van der Waals surface area contributed by atoms with E-state index < -0.39 is 18.1 Å². The second-order valence-corrected chi connectivity index (χ2v) is 23.5.